The summed E-state index contributed by atoms with van der Waals surface area (Å²) in [6.45, 7) is 0.451. The predicted molar refractivity (Wildman–Crippen MR) is 93.8 cm³/mol. The number of nitrogens with one attached hydrogen (secondary N) is 1. The van der Waals surface area contributed by atoms with Crippen LogP contribution in [-0.2, 0) is 11.3 Å². The maximum Gasteiger partial charge on any atom is 0.221 e. The van der Waals surface area contributed by atoms with Crippen molar-refractivity contribution in [2.45, 2.75) is 17.9 Å². The molecule has 23 heavy (non-hydrogen) atoms. The van der Waals surface area contributed by atoms with Crippen LogP contribution in [-0.4, -0.2) is 21.0 Å². The molecule has 1 amide bonds. The number of aromatic nitrogens is 2. The monoisotopic (exact) mass is 345 g/mol. The van der Waals surface area contributed by atoms with E-state index in [1.54, 1.807) is 11.8 Å². The number of halogens is 1. The third-order valence-electron chi connectivity index (χ3n) is 3.29. The van der Waals surface area contributed by atoms with Crippen LogP contribution in [0.2, 0.25) is 5.02 Å². The fourth-order valence-electron chi connectivity index (χ4n) is 2.14. The molecule has 0 saturated carbocycles. The van der Waals surface area contributed by atoms with Crippen molar-refractivity contribution in [3.05, 3.63) is 65.6 Å². The molecule has 0 bridgehead atoms. The number of hydrogen-bond acceptors (Lipinski definition) is 3. The van der Waals surface area contributed by atoms with Crippen molar-refractivity contribution < 1.29 is 4.79 Å². The molecule has 1 aromatic carbocycles. The van der Waals surface area contributed by atoms with E-state index in [0.717, 1.165) is 27.0 Å². The standard InChI is InChI=1S/C17H16ClN3OS/c18-13-4-6-15(7-5-13)23-10-8-17(22)19-11-14-12-21-9-2-1-3-16(21)20-14/h1-7,9,12H,8,10-11H2,(H,19,22). The second-order valence-corrected chi connectivity index (χ2v) is 6.63. The SMILES string of the molecule is O=C(CCSc1ccc(Cl)cc1)NCc1cn2ccccc2n1. The number of nitrogens with zero attached hydrogens (tertiary/aromatic N) is 2. The third-order valence-corrected chi connectivity index (χ3v) is 4.56. The molecule has 4 nitrogen and oxygen atoms in total. The van der Waals surface area contributed by atoms with Crippen LogP contribution in [0.4, 0.5) is 0 Å². The second kappa shape index (κ2) is 7.53. The normalized spacial score (nSPS) is 10.8. The largest absolute Gasteiger partial charge is 0.350 e. The molecule has 6 heteroatoms. The van der Waals surface area contributed by atoms with Gasteiger partial charge in [-0.3, -0.25) is 4.79 Å². The van der Waals surface area contributed by atoms with Gasteiger partial charge >= 0.3 is 0 Å². The van der Waals surface area contributed by atoms with E-state index in [4.69, 9.17) is 11.6 Å². The van der Waals surface area contributed by atoms with E-state index in [9.17, 15) is 4.79 Å². The smallest absolute Gasteiger partial charge is 0.221 e. The fourth-order valence-corrected chi connectivity index (χ4v) is 3.12. The van der Waals surface area contributed by atoms with Gasteiger partial charge in [0.15, 0.2) is 0 Å². The van der Waals surface area contributed by atoms with E-state index in [-0.39, 0.29) is 5.91 Å². The summed E-state index contributed by atoms with van der Waals surface area (Å²) in [7, 11) is 0. The maximum atomic E-state index is 11.9. The van der Waals surface area contributed by atoms with Crippen LogP contribution in [0.5, 0.6) is 0 Å². The van der Waals surface area contributed by atoms with Gasteiger partial charge in [-0.1, -0.05) is 17.7 Å². The van der Waals surface area contributed by atoms with Gasteiger partial charge < -0.3 is 9.72 Å². The Kier molecular flexibility index (Phi) is 5.20. The summed E-state index contributed by atoms with van der Waals surface area (Å²) in [5.74, 6) is 0.766. The molecule has 0 unspecified atom stereocenters. The lowest BCUT2D eigenvalue weighted by molar-refractivity contribution is -0.120. The van der Waals surface area contributed by atoms with Crippen LogP contribution in [0.15, 0.2) is 59.8 Å². The molecular formula is C17H16ClN3OS. The van der Waals surface area contributed by atoms with E-state index >= 15 is 0 Å². The molecule has 0 aliphatic rings. The number of fused-ring (bicyclic) bond motifs is 1. The highest BCUT2D eigenvalue weighted by molar-refractivity contribution is 7.99. The minimum Gasteiger partial charge on any atom is -0.350 e. The van der Waals surface area contributed by atoms with Gasteiger partial charge in [0.25, 0.3) is 0 Å². The lowest BCUT2D eigenvalue weighted by Gasteiger charge is -2.03. The number of amides is 1. The molecule has 3 rings (SSSR count). The maximum absolute atomic E-state index is 11.9. The number of thioether (sulfide) groups is 1. The van der Waals surface area contributed by atoms with Crippen molar-refractivity contribution in [3.8, 4) is 0 Å². The van der Waals surface area contributed by atoms with Gasteiger partial charge in [-0.25, -0.2) is 4.98 Å². The number of benzene rings is 1. The Labute approximate surface area is 143 Å². The highest BCUT2D eigenvalue weighted by Gasteiger charge is 2.05. The molecule has 3 aromatic rings. The highest BCUT2D eigenvalue weighted by atomic mass is 35.5. The third kappa shape index (κ3) is 4.50. The van der Waals surface area contributed by atoms with Crippen LogP contribution in [0.25, 0.3) is 5.65 Å². The first kappa shape index (κ1) is 15.9. The Morgan fingerprint density at radius 3 is 2.83 bits per heavy atom. The van der Waals surface area contributed by atoms with Crippen molar-refractivity contribution in [3.63, 3.8) is 0 Å². The molecule has 0 radical (unpaired) electrons. The number of hydrogen-bond donors (Lipinski definition) is 1. The van der Waals surface area contributed by atoms with E-state index in [1.807, 2.05) is 59.3 Å². The summed E-state index contributed by atoms with van der Waals surface area (Å²) in [4.78, 5) is 17.5. The second-order valence-electron chi connectivity index (χ2n) is 5.03. The van der Waals surface area contributed by atoms with Crippen molar-refractivity contribution >= 4 is 34.9 Å². The van der Waals surface area contributed by atoms with Gasteiger partial charge in [-0.15, -0.1) is 11.8 Å². The number of carbonyl (C=O) groups is 1. The number of rotatable bonds is 6. The molecule has 0 aliphatic heterocycles. The quantitative estimate of drug-likeness (QED) is 0.691. The molecule has 1 N–H and O–H groups in total. The zero-order valence-electron chi connectivity index (χ0n) is 12.4. The summed E-state index contributed by atoms with van der Waals surface area (Å²) in [6, 6.07) is 13.5. The van der Waals surface area contributed by atoms with Gasteiger partial charge in [0.05, 0.1) is 12.2 Å². The van der Waals surface area contributed by atoms with Crippen LogP contribution in [0.1, 0.15) is 12.1 Å². The number of imidazole rings is 1. The molecule has 0 atom stereocenters. The molecule has 2 aromatic heterocycles. The topological polar surface area (TPSA) is 46.4 Å². The average Bonchev–Trinajstić information content (AvgIpc) is 2.98. The van der Waals surface area contributed by atoms with Crippen LogP contribution < -0.4 is 5.32 Å². The molecule has 2 heterocycles. The van der Waals surface area contributed by atoms with Crippen LogP contribution in [0.3, 0.4) is 0 Å². The molecule has 0 fully saturated rings. The Bertz CT molecular complexity index is 768. The highest BCUT2D eigenvalue weighted by Crippen LogP contribution is 2.20. The minimum atomic E-state index is 0.0310. The minimum absolute atomic E-state index is 0.0310. The summed E-state index contributed by atoms with van der Waals surface area (Å²) in [5, 5.41) is 3.63. The first-order valence-electron chi connectivity index (χ1n) is 7.28. The summed E-state index contributed by atoms with van der Waals surface area (Å²) in [5.41, 5.74) is 1.74. The lowest BCUT2D eigenvalue weighted by Crippen LogP contribution is -2.23. The Morgan fingerprint density at radius 1 is 1.22 bits per heavy atom. The first-order chi connectivity index (χ1) is 11.2. The predicted octanol–water partition coefficient (Wildman–Crippen LogP) is 3.79. The van der Waals surface area contributed by atoms with Gasteiger partial charge in [-0.05, 0) is 36.4 Å². The first-order valence-corrected chi connectivity index (χ1v) is 8.65. The number of pyridine rings is 1. The summed E-state index contributed by atoms with van der Waals surface area (Å²) >= 11 is 7.49. The molecule has 118 valence electrons. The zero-order chi connectivity index (χ0) is 16.1. The average molecular weight is 346 g/mol. The number of carbonyl (C=O) groups excluding carboxylic acids is 1. The molecular weight excluding hydrogens is 330 g/mol. The van der Waals surface area contributed by atoms with Gasteiger partial charge in [0, 0.05) is 34.5 Å². The van der Waals surface area contributed by atoms with Crippen molar-refractivity contribution in [2.24, 2.45) is 0 Å². The molecule has 0 spiro atoms. The molecule has 0 aliphatic carbocycles. The van der Waals surface area contributed by atoms with E-state index in [0.29, 0.717) is 13.0 Å². The van der Waals surface area contributed by atoms with Gasteiger partial charge in [0.1, 0.15) is 5.65 Å². The van der Waals surface area contributed by atoms with Crippen molar-refractivity contribution in [2.75, 3.05) is 5.75 Å². The fraction of sp³-hybridized carbons (Fsp3) is 0.176. The van der Waals surface area contributed by atoms with E-state index < -0.39 is 0 Å². The van der Waals surface area contributed by atoms with Gasteiger partial charge in [0.2, 0.25) is 5.91 Å². The van der Waals surface area contributed by atoms with Crippen molar-refractivity contribution in [1.82, 2.24) is 14.7 Å². The summed E-state index contributed by atoms with van der Waals surface area (Å²) in [6.07, 6.45) is 4.34. The summed E-state index contributed by atoms with van der Waals surface area (Å²) < 4.78 is 1.94. The zero-order valence-corrected chi connectivity index (χ0v) is 14.0. The van der Waals surface area contributed by atoms with E-state index in [1.165, 1.54) is 0 Å². The lowest BCUT2D eigenvalue weighted by atomic mass is 10.4. The Balaban J connectivity index is 1.43. The van der Waals surface area contributed by atoms with E-state index in [2.05, 4.69) is 10.3 Å². The van der Waals surface area contributed by atoms with Crippen LogP contribution >= 0.6 is 23.4 Å². The molecule has 0 saturated heterocycles. The van der Waals surface area contributed by atoms with Gasteiger partial charge in [-0.2, -0.15) is 0 Å². The Morgan fingerprint density at radius 2 is 2.04 bits per heavy atom. The van der Waals surface area contributed by atoms with Crippen LogP contribution in [0, 0.1) is 0 Å². The Hall–Kier alpha value is -1.98. The van der Waals surface area contributed by atoms with Crippen molar-refractivity contribution in [1.29, 1.82) is 0 Å².